The van der Waals surface area contributed by atoms with E-state index in [1.165, 1.54) is 6.20 Å². The Bertz CT molecular complexity index is 1540. The van der Waals surface area contributed by atoms with Gasteiger partial charge in [-0.05, 0) is 73.3 Å². The molecular weight excluding hydrogens is 550 g/mol. The van der Waals surface area contributed by atoms with Crippen LogP contribution < -0.4 is 10.6 Å². The number of hydrogen-bond donors (Lipinski definition) is 3. The van der Waals surface area contributed by atoms with Crippen molar-refractivity contribution in [3.05, 3.63) is 119 Å². The molecule has 2 aromatic heterocycles. The number of nitriles is 1. The van der Waals surface area contributed by atoms with E-state index in [1.807, 2.05) is 41.3 Å². The first-order chi connectivity index (χ1) is 20.5. The lowest BCUT2D eigenvalue weighted by Gasteiger charge is -2.39. The van der Waals surface area contributed by atoms with Crippen molar-refractivity contribution >= 4 is 23.4 Å². The second kappa shape index (κ2) is 13.4. The van der Waals surface area contributed by atoms with Crippen molar-refractivity contribution in [2.75, 3.05) is 19.6 Å². The van der Waals surface area contributed by atoms with E-state index in [9.17, 15) is 14.9 Å². The number of carbonyl (C=O) groups is 2. The van der Waals surface area contributed by atoms with Crippen LogP contribution in [0.5, 0.6) is 0 Å². The van der Waals surface area contributed by atoms with Gasteiger partial charge in [0.1, 0.15) is 0 Å². The fourth-order valence-electron chi connectivity index (χ4n) is 5.62. The number of rotatable bonds is 12. The van der Waals surface area contributed by atoms with Crippen molar-refractivity contribution in [1.82, 2.24) is 30.5 Å². The van der Waals surface area contributed by atoms with Crippen LogP contribution in [-0.2, 0) is 23.3 Å². The Morgan fingerprint density at radius 3 is 2.67 bits per heavy atom. The molecule has 0 spiro atoms. The standard InChI is InChI=1S/C32H32ClN7O2/c33-27-6-1-4-25(16-27)21-40-15-11-28(31(40)42)32(29-20-36-22-38-29,17-23-7-9-24(18-34)10-8-23)39-14-3-13-37-30(41)26-5-2-12-35-19-26/h1-2,4-10,12,16,19-20,22,28,39H,3,11,13-15,17,21H2,(H,36,38)(H,37,41)/t28?,32-/m1/s1. The van der Waals surface area contributed by atoms with E-state index < -0.39 is 5.54 Å². The second-order valence-corrected chi connectivity index (χ2v) is 10.9. The molecule has 2 aromatic carbocycles. The molecule has 3 N–H and O–H groups in total. The average Bonchev–Trinajstić information content (AvgIpc) is 3.68. The van der Waals surface area contributed by atoms with Crippen LogP contribution in [0.3, 0.4) is 0 Å². The van der Waals surface area contributed by atoms with E-state index in [2.05, 4.69) is 31.7 Å². The van der Waals surface area contributed by atoms with Crippen LogP contribution in [0.1, 0.15) is 45.6 Å². The summed E-state index contributed by atoms with van der Waals surface area (Å²) in [4.78, 5) is 40.0. The third kappa shape index (κ3) is 6.68. The largest absolute Gasteiger partial charge is 0.352 e. The first kappa shape index (κ1) is 29.0. The SMILES string of the molecule is N#Cc1ccc(C[C@](NCCCNC(=O)c2cccnc2)(c2cnc[nH]2)C2CCN(Cc3cccc(Cl)c3)C2=O)cc1. The van der Waals surface area contributed by atoms with Crippen LogP contribution in [0.25, 0.3) is 0 Å². The minimum Gasteiger partial charge on any atom is -0.352 e. The van der Waals surface area contributed by atoms with Gasteiger partial charge in [0.2, 0.25) is 5.91 Å². The van der Waals surface area contributed by atoms with Gasteiger partial charge in [0, 0.05) is 43.2 Å². The molecular formula is C32H32ClN7O2. The van der Waals surface area contributed by atoms with Crippen molar-refractivity contribution in [1.29, 1.82) is 5.26 Å². The van der Waals surface area contributed by atoms with Crippen molar-refractivity contribution in [2.45, 2.75) is 31.3 Å². The topological polar surface area (TPSA) is 127 Å². The zero-order valence-electron chi connectivity index (χ0n) is 23.1. The molecule has 214 valence electrons. The monoisotopic (exact) mass is 581 g/mol. The number of aromatic amines is 1. The summed E-state index contributed by atoms with van der Waals surface area (Å²) in [6, 6.07) is 20.7. The van der Waals surface area contributed by atoms with E-state index in [-0.39, 0.29) is 17.7 Å². The van der Waals surface area contributed by atoms with Crippen molar-refractivity contribution in [2.24, 2.45) is 5.92 Å². The summed E-state index contributed by atoms with van der Waals surface area (Å²) >= 11 is 6.21. The minimum atomic E-state index is -0.793. The van der Waals surface area contributed by atoms with Crippen LogP contribution in [0.15, 0.2) is 85.6 Å². The van der Waals surface area contributed by atoms with Crippen LogP contribution in [-0.4, -0.2) is 51.3 Å². The predicted octanol–water partition coefficient (Wildman–Crippen LogP) is 4.23. The quantitative estimate of drug-likeness (QED) is 0.215. The lowest BCUT2D eigenvalue weighted by Crippen LogP contribution is -2.53. The summed E-state index contributed by atoms with van der Waals surface area (Å²) in [6.45, 7) is 2.09. The number of carbonyl (C=O) groups excluding carboxylic acids is 2. The molecule has 1 saturated heterocycles. The van der Waals surface area contributed by atoms with Gasteiger partial charge in [-0.25, -0.2) is 4.98 Å². The number of nitrogens with zero attached hydrogens (tertiary/aromatic N) is 4. The number of amides is 2. The number of halogens is 1. The third-order valence-electron chi connectivity index (χ3n) is 7.70. The molecule has 1 aliphatic heterocycles. The fourth-order valence-corrected chi connectivity index (χ4v) is 5.83. The van der Waals surface area contributed by atoms with Gasteiger partial charge < -0.3 is 20.5 Å². The lowest BCUT2D eigenvalue weighted by atomic mass is 9.75. The van der Waals surface area contributed by atoms with Crippen LogP contribution in [0.2, 0.25) is 5.02 Å². The molecule has 0 saturated carbocycles. The summed E-state index contributed by atoms with van der Waals surface area (Å²) in [5.41, 5.74) is 3.07. The fraction of sp³-hybridized carbons (Fsp3) is 0.281. The predicted molar refractivity (Wildman–Crippen MR) is 159 cm³/mol. The zero-order chi connectivity index (χ0) is 29.4. The van der Waals surface area contributed by atoms with Crippen LogP contribution in [0, 0.1) is 17.2 Å². The molecule has 1 fully saturated rings. The van der Waals surface area contributed by atoms with Gasteiger partial charge in [-0.3, -0.25) is 14.6 Å². The van der Waals surface area contributed by atoms with Gasteiger partial charge in [-0.2, -0.15) is 5.26 Å². The van der Waals surface area contributed by atoms with Crippen molar-refractivity contribution in [3.8, 4) is 6.07 Å². The molecule has 1 unspecified atom stereocenters. The Kier molecular flexibility index (Phi) is 9.27. The molecule has 9 nitrogen and oxygen atoms in total. The smallest absolute Gasteiger partial charge is 0.252 e. The van der Waals surface area contributed by atoms with E-state index in [1.54, 1.807) is 43.0 Å². The first-order valence-corrected chi connectivity index (χ1v) is 14.3. The molecule has 0 aliphatic carbocycles. The number of likely N-dealkylation sites (tertiary alicyclic amines) is 1. The van der Waals surface area contributed by atoms with Crippen LogP contribution in [0.4, 0.5) is 0 Å². The number of benzene rings is 2. The normalized spacial score (nSPS) is 16.1. The Labute approximate surface area is 250 Å². The Morgan fingerprint density at radius 2 is 1.95 bits per heavy atom. The lowest BCUT2D eigenvalue weighted by molar-refractivity contribution is -0.134. The maximum absolute atomic E-state index is 14.1. The summed E-state index contributed by atoms with van der Waals surface area (Å²) in [5.74, 6) is -0.503. The van der Waals surface area contributed by atoms with Crippen molar-refractivity contribution < 1.29 is 9.59 Å². The molecule has 42 heavy (non-hydrogen) atoms. The highest BCUT2D eigenvalue weighted by atomic mass is 35.5. The van der Waals surface area contributed by atoms with Gasteiger partial charge in [0.05, 0.1) is 40.7 Å². The zero-order valence-corrected chi connectivity index (χ0v) is 23.8. The summed E-state index contributed by atoms with van der Waals surface area (Å²) in [7, 11) is 0. The Balaban J connectivity index is 1.37. The number of H-pyrrole nitrogens is 1. The van der Waals surface area contributed by atoms with Gasteiger partial charge in [-0.15, -0.1) is 0 Å². The summed E-state index contributed by atoms with van der Waals surface area (Å²) < 4.78 is 0. The number of hydrogen-bond acceptors (Lipinski definition) is 6. The highest BCUT2D eigenvalue weighted by Gasteiger charge is 2.49. The van der Waals surface area contributed by atoms with Crippen LogP contribution >= 0.6 is 11.6 Å². The minimum absolute atomic E-state index is 0.0515. The summed E-state index contributed by atoms with van der Waals surface area (Å²) in [5, 5.41) is 16.6. The number of imidazole rings is 1. The molecule has 2 atom stereocenters. The van der Waals surface area contributed by atoms with Crippen molar-refractivity contribution in [3.63, 3.8) is 0 Å². The molecule has 4 aromatic rings. The second-order valence-electron chi connectivity index (χ2n) is 10.4. The third-order valence-corrected chi connectivity index (χ3v) is 7.94. The van der Waals surface area contributed by atoms with E-state index >= 15 is 0 Å². The number of pyridine rings is 1. The average molecular weight is 582 g/mol. The Morgan fingerprint density at radius 1 is 1.10 bits per heavy atom. The van der Waals surface area contributed by atoms with E-state index in [0.29, 0.717) is 61.6 Å². The molecule has 5 rings (SSSR count). The van der Waals surface area contributed by atoms with Gasteiger partial charge in [-0.1, -0.05) is 35.9 Å². The van der Waals surface area contributed by atoms with E-state index in [0.717, 1.165) is 16.8 Å². The van der Waals surface area contributed by atoms with E-state index in [4.69, 9.17) is 11.6 Å². The number of nitrogens with one attached hydrogen (secondary N) is 3. The molecule has 0 bridgehead atoms. The van der Waals surface area contributed by atoms with Gasteiger partial charge >= 0.3 is 0 Å². The Hall–Kier alpha value is -4.52. The molecule has 1 aliphatic rings. The van der Waals surface area contributed by atoms with Gasteiger partial charge in [0.25, 0.3) is 5.91 Å². The highest BCUT2D eigenvalue weighted by Crippen LogP contribution is 2.39. The molecule has 3 heterocycles. The highest BCUT2D eigenvalue weighted by molar-refractivity contribution is 6.30. The molecule has 2 amide bonds. The maximum atomic E-state index is 14.1. The summed E-state index contributed by atoms with van der Waals surface area (Å²) in [6.07, 6.45) is 8.36. The molecule has 0 radical (unpaired) electrons. The molecule has 10 heteroatoms. The maximum Gasteiger partial charge on any atom is 0.252 e. The number of aromatic nitrogens is 3. The first-order valence-electron chi connectivity index (χ1n) is 13.9. The van der Waals surface area contributed by atoms with Gasteiger partial charge in [0.15, 0.2) is 0 Å².